The van der Waals surface area contributed by atoms with Gasteiger partial charge in [-0.3, -0.25) is 14.4 Å². The Morgan fingerprint density at radius 2 is 1.43 bits per heavy atom. The number of nitrogens with one attached hydrogen (secondary N) is 1. The minimum atomic E-state index is -0.704. The van der Waals surface area contributed by atoms with Crippen LogP contribution in [-0.2, 0) is 9.53 Å². The van der Waals surface area contributed by atoms with E-state index in [4.69, 9.17) is 16.2 Å². The van der Waals surface area contributed by atoms with E-state index in [1.165, 1.54) is 7.11 Å². The van der Waals surface area contributed by atoms with Gasteiger partial charge in [-0.15, -0.1) is 0 Å². The molecule has 1 aromatic rings. The molecule has 3 amide bonds. The summed E-state index contributed by atoms with van der Waals surface area (Å²) in [5.41, 5.74) is 11.3. The van der Waals surface area contributed by atoms with E-state index >= 15 is 0 Å². The Balaban J connectivity index is 3.60. The van der Waals surface area contributed by atoms with Crippen molar-refractivity contribution < 1.29 is 19.1 Å². The number of benzene rings is 1. The third kappa shape index (κ3) is 4.16. The lowest BCUT2D eigenvalue weighted by Gasteiger charge is -2.17. The molecule has 5 N–H and O–H groups in total. The van der Waals surface area contributed by atoms with Crippen molar-refractivity contribution >= 4 is 91.2 Å². The van der Waals surface area contributed by atoms with Crippen LogP contribution >= 0.6 is 67.8 Å². The molecule has 0 saturated heterocycles. The summed E-state index contributed by atoms with van der Waals surface area (Å²) in [6, 6.07) is 0. The second-order valence-corrected chi connectivity index (χ2v) is 7.01. The largest absolute Gasteiger partial charge is 0.375 e. The Kier molecular flexibility index (Phi) is 7.05. The Hall–Kier alpha value is -0.220. The van der Waals surface area contributed by atoms with Gasteiger partial charge in [0.05, 0.1) is 24.0 Å². The first kappa shape index (κ1) is 18.8. The van der Waals surface area contributed by atoms with Gasteiger partial charge >= 0.3 is 0 Å². The fourth-order valence-corrected chi connectivity index (χ4v) is 6.01. The van der Waals surface area contributed by atoms with Crippen molar-refractivity contribution in [1.82, 2.24) is 0 Å². The van der Waals surface area contributed by atoms with Crippen LogP contribution in [0.4, 0.5) is 5.69 Å². The highest BCUT2D eigenvalue weighted by atomic mass is 127. The minimum absolute atomic E-state index is 0.151. The quantitative estimate of drug-likeness (QED) is 0.425. The Morgan fingerprint density at radius 3 is 1.76 bits per heavy atom. The summed E-state index contributed by atoms with van der Waals surface area (Å²) >= 11 is 5.62. The molecular formula is C11H10I3N3O4. The van der Waals surface area contributed by atoms with Crippen LogP contribution in [0.2, 0.25) is 0 Å². The fraction of sp³-hybridized carbons (Fsp3) is 0.182. The lowest BCUT2D eigenvalue weighted by Crippen LogP contribution is -2.25. The number of halogens is 3. The number of carbonyl (C=O) groups excluding carboxylic acids is 3. The third-order valence-corrected chi connectivity index (χ3v) is 5.59. The second kappa shape index (κ2) is 7.87. The van der Waals surface area contributed by atoms with E-state index in [0.29, 0.717) is 16.4 Å². The zero-order chi connectivity index (χ0) is 16.3. The Morgan fingerprint density at radius 1 is 1.00 bits per heavy atom. The van der Waals surface area contributed by atoms with Crippen molar-refractivity contribution in [2.24, 2.45) is 11.5 Å². The lowest BCUT2D eigenvalue weighted by molar-refractivity contribution is -0.119. The Bertz CT molecular complexity index is 593. The molecule has 0 fully saturated rings. The van der Waals surface area contributed by atoms with Crippen molar-refractivity contribution in [3.05, 3.63) is 21.8 Å². The third-order valence-electron chi connectivity index (χ3n) is 2.35. The number of hydrogen-bond donors (Lipinski definition) is 3. The van der Waals surface area contributed by atoms with Crippen LogP contribution in [0.3, 0.4) is 0 Å². The molecule has 7 nitrogen and oxygen atoms in total. The predicted octanol–water partition coefficient (Wildman–Crippen LogP) is 1.28. The maximum Gasteiger partial charge on any atom is 0.250 e. The minimum Gasteiger partial charge on any atom is -0.375 e. The summed E-state index contributed by atoms with van der Waals surface area (Å²) in [5.74, 6) is -1.82. The number of rotatable bonds is 5. The first-order chi connectivity index (χ1) is 9.72. The number of nitrogens with two attached hydrogens (primary N) is 2. The molecule has 21 heavy (non-hydrogen) atoms. The number of carbonyl (C=O) groups is 3. The van der Waals surface area contributed by atoms with Gasteiger partial charge in [0.1, 0.15) is 6.61 Å². The van der Waals surface area contributed by atoms with Crippen molar-refractivity contribution in [3.63, 3.8) is 0 Å². The van der Waals surface area contributed by atoms with E-state index in [2.05, 4.69) is 5.32 Å². The molecule has 1 rings (SSSR count). The monoisotopic (exact) mass is 629 g/mol. The van der Waals surface area contributed by atoms with E-state index in [1.807, 2.05) is 67.8 Å². The van der Waals surface area contributed by atoms with Gasteiger partial charge in [-0.05, 0) is 67.8 Å². The van der Waals surface area contributed by atoms with Gasteiger partial charge in [-0.2, -0.15) is 0 Å². The van der Waals surface area contributed by atoms with Crippen LogP contribution in [0.25, 0.3) is 0 Å². The van der Waals surface area contributed by atoms with Gasteiger partial charge in [-0.1, -0.05) is 0 Å². The molecule has 0 bridgehead atoms. The number of hydrogen-bond acceptors (Lipinski definition) is 4. The molecule has 0 atom stereocenters. The molecule has 0 aromatic heterocycles. The summed E-state index contributed by atoms with van der Waals surface area (Å²) in [5, 5.41) is 2.60. The summed E-state index contributed by atoms with van der Waals surface area (Å²) in [4.78, 5) is 34.9. The number of ether oxygens (including phenoxy) is 1. The van der Waals surface area contributed by atoms with Crippen LogP contribution in [0, 0.1) is 10.7 Å². The second-order valence-electron chi connectivity index (χ2n) is 3.78. The zero-order valence-corrected chi connectivity index (χ0v) is 17.1. The van der Waals surface area contributed by atoms with E-state index in [9.17, 15) is 14.4 Å². The summed E-state index contributed by atoms with van der Waals surface area (Å²) in [7, 11) is 1.38. The normalized spacial score (nSPS) is 10.3. The zero-order valence-electron chi connectivity index (χ0n) is 10.6. The SMILES string of the molecule is COCC(=O)Nc1c(I)c(C(N)=O)c(I)c(C(N)=O)c1I. The highest BCUT2D eigenvalue weighted by Crippen LogP contribution is 2.35. The number of methoxy groups -OCH3 is 1. The van der Waals surface area contributed by atoms with Crippen LogP contribution in [-0.4, -0.2) is 31.4 Å². The van der Waals surface area contributed by atoms with Crippen LogP contribution in [0.1, 0.15) is 20.7 Å². The molecule has 0 heterocycles. The summed E-state index contributed by atoms with van der Waals surface area (Å²) in [6.45, 7) is -0.157. The van der Waals surface area contributed by atoms with Gasteiger partial charge in [-0.25, -0.2) is 0 Å². The highest BCUT2D eigenvalue weighted by Gasteiger charge is 2.26. The van der Waals surface area contributed by atoms with Crippen molar-refractivity contribution in [3.8, 4) is 0 Å². The maximum absolute atomic E-state index is 11.7. The van der Waals surface area contributed by atoms with Gasteiger partial charge in [0.2, 0.25) is 5.91 Å². The van der Waals surface area contributed by atoms with Crippen LogP contribution in [0.5, 0.6) is 0 Å². The molecule has 0 spiro atoms. The van der Waals surface area contributed by atoms with Gasteiger partial charge in [0.15, 0.2) is 0 Å². The summed E-state index contributed by atoms with van der Waals surface area (Å²) < 4.78 is 5.99. The van der Waals surface area contributed by atoms with Crippen molar-refractivity contribution in [2.45, 2.75) is 0 Å². The molecule has 0 aliphatic carbocycles. The van der Waals surface area contributed by atoms with Crippen molar-refractivity contribution in [1.29, 1.82) is 0 Å². The number of amides is 3. The predicted molar refractivity (Wildman–Crippen MR) is 102 cm³/mol. The maximum atomic E-state index is 11.7. The molecule has 1 aromatic carbocycles. The molecule has 10 heteroatoms. The summed E-state index contributed by atoms with van der Waals surface area (Å²) in [6.07, 6.45) is 0. The van der Waals surface area contributed by atoms with Gasteiger partial charge in [0, 0.05) is 10.7 Å². The Labute approximate surface area is 161 Å². The molecule has 114 valence electrons. The molecule has 0 aliphatic rings. The first-order valence-electron chi connectivity index (χ1n) is 5.31. The molecule has 0 radical (unpaired) electrons. The molecule has 0 unspecified atom stereocenters. The van der Waals surface area contributed by atoms with E-state index in [-0.39, 0.29) is 17.7 Å². The van der Waals surface area contributed by atoms with Crippen LogP contribution < -0.4 is 16.8 Å². The van der Waals surface area contributed by atoms with Gasteiger partial charge < -0.3 is 21.5 Å². The first-order valence-corrected chi connectivity index (χ1v) is 8.54. The number of anilines is 1. The van der Waals surface area contributed by atoms with E-state index < -0.39 is 17.7 Å². The smallest absolute Gasteiger partial charge is 0.250 e. The average Bonchev–Trinajstić information content (AvgIpc) is 2.33. The highest BCUT2D eigenvalue weighted by molar-refractivity contribution is 14.1. The standard InChI is InChI=1S/C11H10I3N3O4/c1-21-2-3(18)17-9-7(13)4(10(15)19)6(12)5(8(9)14)11(16)20/h2H2,1H3,(H2,15,19)(H2,16,20)(H,17,18). The van der Waals surface area contributed by atoms with E-state index in [0.717, 1.165) is 0 Å². The van der Waals surface area contributed by atoms with Crippen molar-refractivity contribution in [2.75, 3.05) is 19.0 Å². The van der Waals surface area contributed by atoms with Gasteiger partial charge in [0.25, 0.3) is 11.8 Å². The molecule has 0 aliphatic heterocycles. The molecular weight excluding hydrogens is 619 g/mol. The fourth-order valence-electron chi connectivity index (χ4n) is 1.51. The lowest BCUT2D eigenvalue weighted by atomic mass is 10.1. The number of primary amides is 2. The van der Waals surface area contributed by atoms with Crippen LogP contribution in [0.15, 0.2) is 0 Å². The molecule has 0 saturated carbocycles. The average molecular weight is 629 g/mol. The topological polar surface area (TPSA) is 125 Å². The van der Waals surface area contributed by atoms with E-state index in [1.54, 1.807) is 0 Å².